The number of hydrogen-bond acceptors (Lipinski definition) is 7. The van der Waals surface area contributed by atoms with E-state index in [1.807, 2.05) is 19.1 Å². The van der Waals surface area contributed by atoms with Gasteiger partial charge < -0.3 is 25.6 Å². The van der Waals surface area contributed by atoms with Gasteiger partial charge >= 0.3 is 5.97 Å². The number of ether oxygens (including phenoxy) is 2. The summed E-state index contributed by atoms with van der Waals surface area (Å²) in [5, 5.41) is 13.5. The van der Waals surface area contributed by atoms with Gasteiger partial charge in [0.25, 0.3) is 0 Å². The van der Waals surface area contributed by atoms with Crippen molar-refractivity contribution >= 4 is 11.8 Å². The Bertz CT molecular complexity index is 810. The lowest BCUT2D eigenvalue weighted by atomic mass is 9.98. The smallest absolute Gasteiger partial charge is 0.306 e. The molecule has 1 aliphatic rings. The lowest BCUT2D eigenvalue weighted by molar-refractivity contribution is -0.143. The maximum absolute atomic E-state index is 11.5. The molecule has 0 aliphatic carbocycles. The Morgan fingerprint density at radius 1 is 1.41 bits per heavy atom. The first-order valence-electron chi connectivity index (χ1n) is 10.1. The quantitative estimate of drug-likeness (QED) is 0.555. The van der Waals surface area contributed by atoms with Crippen molar-refractivity contribution in [1.29, 1.82) is 0 Å². The van der Waals surface area contributed by atoms with Crippen molar-refractivity contribution in [2.45, 2.75) is 44.8 Å². The first-order chi connectivity index (χ1) is 14.0. The van der Waals surface area contributed by atoms with Crippen molar-refractivity contribution in [2.24, 2.45) is 0 Å². The van der Waals surface area contributed by atoms with Crippen LogP contribution in [0.15, 0.2) is 36.5 Å². The minimum absolute atomic E-state index is 0.0598. The fraction of sp³-hybridized carbons (Fsp3) is 0.455. The lowest BCUT2D eigenvalue weighted by Gasteiger charge is -2.27. The van der Waals surface area contributed by atoms with Gasteiger partial charge in [0.2, 0.25) is 0 Å². The summed E-state index contributed by atoms with van der Waals surface area (Å²) in [5.41, 5.74) is 8.60. The second-order valence-electron chi connectivity index (χ2n) is 7.22. The molecule has 7 nitrogen and oxygen atoms in total. The van der Waals surface area contributed by atoms with Gasteiger partial charge in [-0.05, 0) is 49.4 Å². The van der Waals surface area contributed by atoms with E-state index in [0.717, 1.165) is 29.7 Å². The monoisotopic (exact) mass is 399 g/mol. The maximum Gasteiger partial charge on any atom is 0.306 e. The number of aryl methyl sites for hydroxylation is 2. The van der Waals surface area contributed by atoms with E-state index in [1.165, 1.54) is 5.56 Å². The molecular formula is C22H29N3O4. The molecule has 156 valence electrons. The second kappa shape index (κ2) is 10.2. The molecule has 2 atom stereocenters. The Morgan fingerprint density at radius 3 is 3.03 bits per heavy atom. The Kier molecular flexibility index (Phi) is 7.43. The summed E-state index contributed by atoms with van der Waals surface area (Å²) >= 11 is 0. The predicted octanol–water partition coefficient (Wildman–Crippen LogP) is 2.18. The standard InChI is InChI=1S/C22H29N3O4/c1-2-28-22(27)10-4-15-3-8-20-16(11-15)5-7-18(29-20)13-24-14-19(26)17-6-9-21(23)25-12-17/h3,6,8-9,11-12,18-19,24,26H,2,4-5,7,10,13-14H2,1H3,(H2,23,25). The minimum atomic E-state index is -0.638. The highest BCUT2D eigenvalue weighted by Crippen LogP contribution is 2.29. The topological polar surface area (TPSA) is 107 Å². The molecule has 3 rings (SSSR count). The average molecular weight is 399 g/mol. The molecule has 7 heteroatoms. The molecule has 2 unspecified atom stereocenters. The summed E-state index contributed by atoms with van der Waals surface area (Å²) in [7, 11) is 0. The van der Waals surface area contributed by atoms with Crippen LogP contribution in [0.5, 0.6) is 5.75 Å². The number of nitrogens with one attached hydrogen (secondary N) is 1. The SMILES string of the molecule is CCOC(=O)CCc1ccc2c(c1)CCC(CNCC(O)c1ccc(N)nc1)O2. The van der Waals surface area contributed by atoms with Crippen LogP contribution in [0.1, 0.15) is 42.6 Å². The van der Waals surface area contributed by atoms with Gasteiger partial charge in [0.15, 0.2) is 0 Å². The normalized spacial score (nSPS) is 16.6. The molecule has 0 amide bonds. The largest absolute Gasteiger partial charge is 0.489 e. The number of esters is 1. The van der Waals surface area contributed by atoms with Crippen LogP contribution in [0.3, 0.4) is 0 Å². The van der Waals surface area contributed by atoms with Crippen molar-refractivity contribution in [3.63, 3.8) is 0 Å². The van der Waals surface area contributed by atoms with Gasteiger partial charge in [-0.25, -0.2) is 4.98 Å². The molecular weight excluding hydrogens is 370 g/mol. The molecule has 29 heavy (non-hydrogen) atoms. The number of hydrogen-bond donors (Lipinski definition) is 3. The third kappa shape index (κ3) is 6.17. The number of benzene rings is 1. The highest BCUT2D eigenvalue weighted by Gasteiger charge is 2.20. The van der Waals surface area contributed by atoms with E-state index in [0.29, 0.717) is 38.4 Å². The summed E-state index contributed by atoms with van der Waals surface area (Å²) in [6.45, 7) is 3.31. The lowest BCUT2D eigenvalue weighted by Crippen LogP contribution is -2.36. The molecule has 0 saturated heterocycles. The minimum Gasteiger partial charge on any atom is -0.489 e. The number of aromatic nitrogens is 1. The Hall–Kier alpha value is -2.64. The van der Waals surface area contributed by atoms with E-state index in [-0.39, 0.29) is 12.1 Å². The van der Waals surface area contributed by atoms with Crippen LogP contribution in [0, 0.1) is 0 Å². The zero-order valence-corrected chi connectivity index (χ0v) is 16.8. The molecule has 2 heterocycles. The molecule has 0 bridgehead atoms. The van der Waals surface area contributed by atoms with E-state index in [1.54, 1.807) is 18.3 Å². The first kappa shape index (κ1) is 21.1. The zero-order chi connectivity index (χ0) is 20.6. The number of fused-ring (bicyclic) bond motifs is 1. The molecule has 0 spiro atoms. The number of aliphatic hydroxyl groups is 1. The first-order valence-corrected chi connectivity index (χ1v) is 10.1. The van der Waals surface area contributed by atoms with Gasteiger partial charge in [-0.3, -0.25) is 4.79 Å². The van der Waals surface area contributed by atoms with Crippen LogP contribution < -0.4 is 15.8 Å². The number of rotatable bonds is 9. The molecule has 1 aromatic heterocycles. The Labute approximate surface area is 171 Å². The summed E-state index contributed by atoms with van der Waals surface area (Å²) in [4.78, 5) is 15.5. The second-order valence-corrected chi connectivity index (χ2v) is 7.22. The van der Waals surface area contributed by atoms with E-state index >= 15 is 0 Å². The number of nitrogens with zero attached hydrogens (tertiary/aromatic N) is 1. The van der Waals surface area contributed by atoms with Crippen LogP contribution in [-0.2, 0) is 22.4 Å². The highest BCUT2D eigenvalue weighted by molar-refractivity contribution is 5.69. The maximum atomic E-state index is 11.5. The third-order valence-electron chi connectivity index (χ3n) is 4.98. The zero-order valence-electron chi connectivity index (χ0n) is 16.8. The van der Waals surface area contributed by atoms with Gasteiger partial charge in [0.1, 0.15) is 17.7 Å². The summed E-state index contributed by atoms with van der Waals surface area (Å²) in [6, 6.07) is 9.57. The molecule has 0 fully saturated rings. The van der Waals surface area contributed by atoms with Gasteiger partial charge in [-0.1, -0.05) is 18.2 Å². The average Bonchev–Trinajstić information content (AvgIpc) is 2.73. The van der Waals surface area contributed by atoms with E-state index < -0.39 is 6.10 Å². The molecule has 1 aliphatic heterocycles. The van der Waals surface area contributed by atoms with Crippen molar-refractivity contribution in [2.75, 3.05) is 25.4 Å². The van der Waals surface area contributed by atoms with Crippen molar-refractivity contribution in [3.8, 4) is 5.75 Å². The van der Waals surface area contributed by atoms with E-state index in [9.17, 15) is 9.90 Å². The van der Waals surface area contributed by atoms with Crippen molar-refractivity contribution in [3.05, 3.63) is 53.2 Å². The van der Waals surface area contributed by atoms with Crippen LogP contribution in [-0.4, -0.2) is 41.9 Å². The summed E-state index contributed by atoms with van der Waals surface area (Å²) < 4.78 is 11.1. The van der Waals surface area contributed by atoms with Crippen molar-refractivity contribution < 1.29 is 19.4 Å². The molecule has 4 N–H and O–H groups in total. The molecule has 0 radical (unpaired) electrons. The number of anilines is 1. The summed E-state index contributed by atoms with van der Waals surface area (Å²) in [6.07, 6.45) is 3.92. The molecule has 0 saturated carbocycles. The Morgan fingerprint density at radius 2 is 2.28 bits per heavy atom. The van der Waals surface area contributed by atoms with Gasteiger partial charge in [0.05, 0.1) is 12.7 Å². The highest BCUT2D eigenvalue weighted by atomic mass is 16.5. The fourth-order valence-electron chi connectivity index (χ4n) is 3.39. The van der Waals surface area contributed by atoms with Crippen LogP contribution in [0.4, 0.5) is 5.82 Å². The van der Waals surface area contributed by atoms with Crippen molar-refractivity contribution in [1.82, 2.24) is 10.3 Å². The number of pyridine rings is 1. The van der Waals surface area contributed by atoms with Gasteiger partial charge in [0, 0.05) is 31.3 Å². The number of carbonyl (C=O) groups excluding carboxylic acids is 1. The number of nitrogens with two attached hydrogens (primary N) is 1. The third-order valence-corrected chi connectivity index (χ3v) is 4.98. The van der Waals surface area contributed by atoms with E-state index in [2.05, 4.69) is 16.4 Å². The van der Waals surface area contributed by atoms with Crippen LogP contribution in [0.25, 0.3) is 0 Å². The predicted molar refractivity (Wildman–Crippen MR) is 111 cm³/mol. The molecule has 2 aromatic rings. The number of carbonyl (C=O) groups is 1. The van der Waals surface area contributed by atoms with Crippen LogP contribution >= 0.6 is 0 Å². The number of nitrogen functional groups attached to an aromatic ring is 1. The van der Waals surface area contributed by atoms with Crippen LogP contribution in [0.2, 0.25) is 0 Å². The van der Waals surface area contributed by atoms with E-state index in [4.69, 9.17) is 15.2 Å². The fourth-order valence-corrected chi connectivity index (χ4v) is 3.39. The summed E-state index contributed by atoms with van der Waals surface area (Å²) in [5.74, 6) is 1.17. The van der Waals surface area contributed by atoms with Gasteiger partial charge in [-0.15, -0.1) is 0 Å². The Balaban J connectivity index is 1.44. The molecule has 1 aromatic carbocycles. The van der Waals surface area contributed by atoms with Gasteiger partial charge in [-0.2, -0.15) is 0 Å². The number of aliphatic hydroxyl groups excluding tert-OH is 1.